The minimum atomic E-state index is -0.415. The van der Waals surface area contributed by atoms with Gasteiger partial charge in [0.05, 0.1) is 24.2 Å². The van der Waals surface area contributed by atoms with E-state index < -0.39 is 6.10 Å². The van der Waals surface area contributed by atoms with Gasteiger partial charge in [-0.15, -0.1) is 0 Å². The summed E-state index contributed by atoms with van der Waals surface area (Å²) in [4.78, 5) is 11.4. The van der Waals surface area contributed by atoms with Crippen molar-refractivity contribution in [2.75, 3.05) is 13.2 Å². The van der Waals surface area contributed by atoms with Gasteiger partial charge in [0.25, 0.3) is 0 Å². The molecule has 0 aliphatic carbocycles. The van der Waals surface area contributed by atoms with Crippen molar-refractivity contribution in [1.82, 2.24) is 5.32 Å². The summed E-state index contributed by atoms with van der Waals surface area (Å²) in [6.07, 6.45) is 0.344. The van der Waals surface area contributed by atoms with Crippen molar-refractivity contribution in [3.05, 3.63) is 28.2 Å². The average molecular weight is 306 g/mol. The molecule has 2 N–H and O–H groups in total. The SMILES string of the molecule is CC(O)CCNC(=O)CCOc1cccc(Cl)c1Cl. The van der Waals surface area contributed by atoms with E-state index in [1.807, 2.05) is 0 Å². The molecule has 0 saturated heterocycles. The number of carbonyl (C=O) groups is 1. The van der Waals surface area contributed by atoms with Gasteiger partial charge in [-0.2, -0.15) is 0 Å². The van der Waals surface area contributed by atoms with E-state index in [1.165, 1.54) is 0 Å². The summed E-state index contributed by atoms with van der Waals surface area (Å²) in [6.45, 7) is 2.35. The fraction of sp³-hybridized carbons (Fsp3) is 0.462. The quantitative estimate of drug-likeness (QED) is 0.814. The number of halogens is 2. The van der Waals surface area contributed by atoms with E-state index in [9.17, 15) is 4.79 Å². The molecule has 0 spiro atoms. The van der Waals surface area contributed by atoms with Gasteiger partial charge in [-0.05, 0) is 25.5 Å². The molecule has 0 aliphatic heterocycles. The topological polar surface area (TPSA) is 58.6 Å². The Morgan fingerprint density at radius 3 is 2.89 bits per heavy atom. The molecule has 0 radical (unpaired) electrons. The highest BCUT2D eigenvalue weighted by molar-refractivity contribution is 6.42. The zero-order chi connectivity index (χ0) is 14.3. The van der Waals surface area contributed by atoms with Crippen molar-refractivity contribution in [1.29, 1.82) is 0 Å². The largest absolute Gasteiger partial charge is 0.491 e. The lowest BCUT2D eigenvalue weighted by Crippen LogP contribution is -2.27. The maximum absolute atomic E-state index is 11.4. The Labute approximate surface area is 122 Å². The normalized spacial score (nSPS) is 12.0. The molecular formula is C13H17Cl2NO3. The average Bonchev–Trinajstić information content (AvgIpc) is 2.34. The summed E-state index contributed by atoms with van der Waals surface area (Å²) >= 11 is 11.8. The third-order valence-corrected chi connectivity index (χ3v) is 3.19. The zero-order valence-corrected chi connectivity index (χ0v) is 12.2. The summed E-state index contributed by atoms with van der Waals surface area (Å²) in [5.74, 6) is 0.338. The number of ether oxygens (including phenoxy) is 1. The molecule has 1 rings (SSSR count). The second kappa shape index (κ2) is 8.25. The highest BCUT2D eigenvalue weighted by Gasteiger charge is 2.07. The zero-order valence-electron chi connectivity index (χ0n) is 10.7. The van der Waals surface area contributed by atoms with Gasteiger partial charge >= 0.3 is 0 Å². The molecule has 0 aliphatic rings. The van der Waals surface area contributed by atoms with Crippen LogP contribution in [0.5, 0.6) is 5.75 Å². The van der Waals surface area contributed by atoms with Gasteiger partial charge in [-0.3, -0.25) is 4.79 Å². The van der Waals surface area contributed by atoms with Crippen LogP contribution < -0.4 is 10.1 Å². The van der Waals surface area contributed by atoms with E-state index in [1.54, 1.807) is 25.1 Å². The highest BCUT2D eigenvalue weighted by atomic mass is 35.5. The van der Waals surface area contributed by atoms with Crippen molar-refractivity contribution in [2.45, 2.75) is 25.9 Å². The van der Waals surface area contributed by atoms with Crippen LogP contribution in [0.25, 0.3) is 0 Å². The Bertz CT molecular complexity index is 424. The van der Waals surface area contributed by atoms with Crippen molar-refractivity contribution in [3.63, 3.8) is 0 Å². The van der Waals surface area contributed by atoms with Gasteiger partial charge in [-0.1, -0.05) is 29.3 Å². The van der Waals surface area contributed by atoms with Crippen LogP contribution in [0.1, 0.15) is 19.8 Å². The molecule has 0 saturated carbocycles. The van der Waals surface area contributed by atoms with Crippen LogP contribution in [0, 0.1) is 0 Å². The van der Waals surface area contributed by atoms with Gasteiger partial charge in [0.2, 0.25) is 5.91 Å². The summed E-state index contributed by atoms with van der Waals surface area (Å²) in [6, 6.07) is 5.09. The summed E-state index contributed by atoms with van der Waals surface area (Å²) < 4.78 is 5.39. The van der Waals surface area contributed by atoms with Gasteiger partial charge in [0, 0.05) is 6.54 Å². The Morgan fingerprint density at radius 1 is 1.47 bits per heavy atom. The van der Waals surface area contributed by atoms with E-state index in [0.717, 1.165) is 0 Å². The van der Waals surface area contributed by atoms with Crippen LogP contribution in [-0.4, -0.2) is 30.3 Å². The molecule has 0 heterocycles. The van der Waals surface area contributed by atoms with E-state index in [0.29, 0.717) is 28.8 Å². The molecule has 0 fully saturated rings. The Kier molecular flexibility index (Phi) is 6.99. The minimum absolute atomic E-state index is 0.126. The van der Waals surface area contributed by atoms with Crippen LogP contribution in [0.3, 0.4) is 0 Å². The Morgan fingerprint density at radius 2 is 2.21 bits per heavy atom. The number of hydrogen-bond acceptors (Lipinski definition) is 3. The molecule has 0 bridgehead atoms. The predicted octanol–water partition coefficient (Wildman–Crippen LogP) is 2.65. The standard InChI is InChI=1S/C13H17Cl2NO3/c1-9(17)5-7-16-12(18)6-8-19-11-4-2-3-10(14)13(11)15/h2-4,9,17H,5-8H2,1H3,(H,16,18). The number of aliphatic hydroxyl groups is 1. The first kappa shape index (κ1) is 16.1. The molecule has 1 atom stereocenters. The van der Waals surface area contributed by atoms with Crippen LogP contribution in [-0.2, 0) is 4.79 Å². The minimum Gasteiger partial charge on any atom is -0.491 e. The lowest BCUT2D eigenvalue weighted by atomic mass is 10.3. The molecule has 1 amide bonds. The van der Waals surface area contributed by atoms with E-state index in [2.05, 4.69) is 5.32 Å². The smallest absolute Gasteiger partial charge is 0.223 e. The van der Waals surface area contributed by atoms with Gasteiger partial charge < -0.3 is 15.2 Å². The maximum atomic E-state index is 11.4. The molecule has 4 nitrogen and oxygen atoms in total. The van der Waals surface area contributed by atoms with Crippen LogP contribution in [0.4, 0.5) is 0 Å². The number of hydrogen-bond donors (Lipinski definition) is 2. The molecule has 1 unspecified atom stereocenters. The molecular weight excluding hydrogens is 289 g/mol. The van der Waals surface area contributed by atoms with Crippen molar-refractivity contribution >= 4 is 29.1 Å². The number of nitrogens with one attached hydrogen (secondary N) is 1. The van der Waals surface area contributed by atoms with Crippen LogP contribution >= 0.6 is 23.2 Å². The monoisotopic (exact) mass is 305 g/mol. The predicted molar refractivity (Wildman–Crippen MR) is 75.9 cm³/mol. The Hall–Kier alpha value is -0.970. The maximum Gasteiger partial charge on any atom is 0.223 e. The van der Waals surface area contributed by atoms with Gasteiger partial charge in [-0.25, -0.2) is 0 Å². The van der Waals surface area contributed by atoms with E-state index in [-0.39, 0.29) is 18.9 Å². The summed E-state index contributed by atoms with van der Waals surface area (Å²) in [5.41, 5.74) is 0. The van der Waals surface area contributed by atoms with Crippen molar-refractivity contribution in [3.8, 4) is 5.75 Å². The first-order valence-corrected chi connectivity index (χ1v) is 6.78. The first-order chi connectivity index (χ1) is 9.00. The molecule has 106 valence electrons. The van der Waals surface area contributed by atoms with E-state index in [4.69, 9.17) is 33.0 Å². The number of rotatable bonds is 7. The molecule has 1 aromatic rings. The number of amides is 1. The van der Waals surface area contributed by atoms with Crippen molar-refractivity contribution in [2.24, 2.45) is 0 Å². The highest BCUT2D eigenvalue weighted by Crippen LogP contribution is 2.31. The summed E-state index contributed by atoms with van der Waals surface area (Å²) in [7, 11) is 0. The van der Waals surface area contributed by atoms with Gasteiger partial charge in [0.1, 0.15) is 10.8 Å². The Balaban J connectivity index is 2.26. The van der Waals surface area contributed by atoms with Crippen molar-refractivity contribution < 1.29 is 14.6 Å². The third kappa shape index (κ3) is 6.14. The fourth-order valence-corrected chi connectivity index (χ4v) is 1.70. The molecule has 1 aromatic carbocycles. The van der Waals surface area contributed by atoms with Crippen LogP contribution in [0.15, 0.2) is 18.2 Å². The number of benzene rings is 1. The summed E-state index contributed by atoms with van der Waals surface area (Å²) in [5, 5.41) is 12.5. The number of aliphatic hydroxyl groups excluding tert-OH is 1. The molecule has 0 aromatic heterocycles. The number of carbonyl (C=O) groups excluding carboxylic acids is 1. The van der Waals surface area contributed by atoms with Gasteiger partial charge in [0.15, 0.2) is 0 Å². The molecule has 6 heteroatoms. The lowest BCUT2D eigenvalue weighted by molar-refractivity contribution is -0.121. The second-order valence-electron chi connectivity index (χ2n) is 4.14. The van der Waals surface area contributed by atoms with E-state index >= 15 is 0 Å². The third-order valence-electron chi connectivity index (χ3n) is 2.39. The van der Waals surface area contributed by atoms with Crippen LogP contribution in [0.2, 0.25) is 10.0 Å². The molecule has 19 heavy (non-hydrogen) atoms. The lowest BCUT2D eigenvalue weighted by Gasteiger charge is -2.09. The fourth-order valence-electron chi connectivity index (χ4n) is 1.36. The first-order valence-electron chi connectivity index (χ1n) is 6.02. The second-order valence-corrected chi connectivity index (χ2v) is 4.92.